The van der Waals surface area contributed by atoms with Gasteiger partial charge in [-0.2, -0.15) is 0 Å². The molecule has 0 fully saturated rings. The molecule has 1 aromatic carbocycles. The summed E-state index contributed by atoms with van der Waals surface area (Å²) in [6.07, 6.45) is 9.24. The van der Waals surface area contributed by atoms with Crippen LogP contribution >= 0.6 is 11.3 Å². The lowest BCUT2D eigenvalue weighted by Crippen LogP contribution is -2.15. The molecule has 0 spiro atoms. The molecule has 7 heteroatoms. The number of nitrogens with one attached hydrogen (secondary N) is 1. The summed E-state index contributed by atoms with van der Waals surface area (Å²) in [5.41, 5.74) is 2.36. The van der Waals surface area contributed by atoms with E-state index in [1.165, 1.54) is 22.3 Å². The van der Waals surface area contributed by atoms with Crippen molar-refractivity contribution in [2.75, 3.05) is 25.6 Å². The average molecular weight is 486 g/mol. The second-order valence-electron chi connectivity index (χ2n) is 8.56. The Balaban J connectivity index is 1.72. The van der Waals surface area contributed by atoms with Crippen molar-refractivity contribution >= 4 is 34.3 Å². The zero-order valence-electron chi connectivity index (χ0n) is 20.6. The number of hydrogen-bond donors (Lipinski definition) is 1. The average Bonchev–Trinajstić information content (AvgIpc) is 3.17. The Bertz CT molecular complexity index is 1030. The van der Waals surface area contributed by atoms with Crippen LogP contribution in [0.3, 0.4) is 0 Å². The molecule has 0 bridgehead atoms. The van der Waals surface area contributed by atoms with Crippen molar-refractivity contribution in [3.63, 3.8) is 0 Å². The molecule has 0 saturated heterocycles. The van der Waals surface area contributed by atoms with Crippen molar-refractivity contribution in [2.45, 2.75) is 59.3 Å². The minimum Gasteiger partial charge on any atom is -0.493 e. The number of carbonyl (C=O) groups is 2. The Hall–Kier alpha value is -2.80. The summed E-state index contributed by atoms with van der Waals surface area (Å²) in [4.78, 5) is 26.5. The van der Waals surface area contributed by atoms with Gasteiger partial charge in [-0.3, -0.25) is 4.79 Å². The van der Waals surface area contributed by atoms with Crippen LogP contribution in [0.5, 0.6) is 11.5 Å². The molecule has 1 aliphatic carbocycles. The molecule has 6 nitrogen and oxygen atoms in total. The summed E-state index contributed by atoms with van der Waals surface area (Å²) in [6, 6.07) is 5.58. The van der Waals surface area contributed by atoms with Gasteiger partial charge in [0.15, 0.2) is 11.5 Å². The van der Waals surface area contributed by atoms with Gasteiger partial charge in [0.1, 0.15) is 5.00 Å². The van der Waals surface area contributed by atoms with E-state index in [1.54, 1.807) is 20.1 Å². The van der Waals surface area contributed by atoms with Gasteiger partial charge in [0, 0.05) is 11.0 Å². The smallest absolute Gasteiger partial charge is 0.341 e. The highest BCUT2D eigenvalue weighted by molar-refractivity contribution is 7.17. The number of methoxy groups -OCH3 is 1. The number of carbonyl (C=O) groups excluding carboxylic acids is 2. The zero-order chi connectivity index (χ0) is 24.5. The number of fused-ring (bicyclic) bond motifs is 1. The molecule has 0 radical (unpaired) electrons. The van der Waals surface area contributed by atoms with E-state index in [1.807, 2.05) is 18.2 Å². The highest BCUT2D eigenvalue weighted by Gasteiger charge is 2.28. The van der Waals surface area contributed by atoms with Crippen molar-refractivity contribution in [1.29, 1.82) is 0 Å². The van der Waals surface area contributed by atoms with Gasteiger partial charge in [0.05, 0.1) is 25.9 Å². The summed E-state index contributed by atoms with van der Waals surface area (Å²) in [7, 11) is 1.60. The molecule has 0 saturated carbocycles. The van der Waals surface area contributed by atoms with Gasteiger partial charge in [-0.1, -0.05) is 32.8 Å². The number of benzene rings is 1. The number of thiophene rings is 1. The third-order valence-corrected chi connectivity index (χ3v) is 7.02. The van der Waals surface area contributed by atoms with Crippen LogP contribution in [0.4, 0.5) is 5.00 Å². The van der Waals surface area contributed by atoms with Gasteiger partial charge in [-0.15, -0.1) is 11.3 Å². The van der Waals surface area contributed by atoms with Gasteiger partial charge in [-0.25, -0.2) is 4.79 Å². The standard InChI is InChI=1S/C27H35NO5S/c1-5-7-8-15-33-21-13-10-19(17-22(21)31-4)11-14-24(29)28-26-25(27(30)32-6-2)20-12-9-18(3)16-23(20)34-26/h10-11,13-14,17-18H,5-9,12,15-16H2,1-4H3,(H,28,29)/b14-11+/t18-/m1/s1. The minimum atomic E-state index is -0.368. The van der Waals surface area contributed by atoms with Crippen LogP contribution in [0.2, 0.25) is 0 Å². The van der Waals surface area contributed by atoms with Crippen LogP contribution < -0.4 is 14.8 Å². The van der Waals surface area contributed by atoms with Crippen LogP contribution in [0, 0.1) is 5.92 Å². The van der Waals surface area contributed by atoms with Crippen LogP contribution in [0.15, 0.2) is 24.3 Å². The molecule has 34 heavy (non-hydrogen) atoms. The molecule has 3 rings (SSSR count). The molecule has 2 aromatic rings. The monoisotopic (exact) mass is 485 g/mol. The Labute approximate surface area is 206 Å². The molecule has 0 aliphatic heterocycles. The van der Waals surface area contributed by atoms with Crippen molar-refractivity contribution in [1.82, 2.24) is 0 Å². The first-order chi connectivity index (χ1) is 16.5. The van der Waals surface area contributed by atoms with E-state index >= 15 is 0 Å². The van der Waals surface area contributed by atoms with E-state index in [-0.39, 0.29) is 11.9 Å². The molecule has 1 atom stereocenters. The van der Waals surface area contributed by atoms with Crippen molar-refractivity contribution in [3.05, 3.63) is 45.8 Å². The molecule has 1 N–H and O–H groups in total. The Morgan fingerprint density at radius 1 is 1.21 bits per heavy atom. The van der Waals surface area contributed by atoms with Crippen LogP contribution in [-0.2, 0) is 22.4 Å². The molecular weight excluding hydrogens is 450 g/mol. The molecule has 1 aromatic heterocycles. The zero-order valence-corrected chi connectivity index (χ0v) is 21.4. The van der Waals surface area contributed by atoms with E-state index in [9.17, 15) is 9.59 Å². The molecule has 1 aliphatic rings. The highest BCUT2D eigenvalue weighted by atomic mass is 32.1. The number of esters is 1. The number of hydrogen-bond acceptors (Lipinski definition) is 6. The first kappa shape index (κ1) is 25.8. The first-order valence-electron chi connectivity index (χ1n) is 12.1. The lowest BCUT2D eigenvalue weighted by atomic mass is 9.88. The van der Waals surface area contributed by atoms with E-state index < -0.39 is 0 Å². The predicted octanol–water partition coefficient (Wildman–Crippen LogP) is 6.28. The fourth-order valence-corrected chi connectivity index (χ4v) is 5.43. The quantitative estimate of drug-likeness (QED) is 0.230. The van der Waals surface area contributed by atoms with E-state index in [2.05, 4.69) is 19.2 Å². The van der Waals surface area contributed by atoms with Gasteiger partial charge in [0.2, 0.25) is 5.91 Å². The first-order valence-corrected chi connectivity index (χ1v) is 12.9. The largest absolute Gasteiger partial charge is 0.493 e. The van der Waals surface area contributed by atoms with E-state index in [0.29, 0.717) is 41.2 Å². The van der Waals surface area contributed by atoms with E-state index in [0.717, 1.165) is 49.7 Å². The molecule has 1 heterocycles. The van der Waals surface area contributed by atoms with E-state index in [4.69, 9.17) is 14.2 Å². The maximum Gasteiger partial charge on any atom is 0.341 e. The maximum atomic E-state index is 12.7. The second-order valence-corrected chi connectivity index (χ2v) is 9.67. The topological polar surface area (TPSA) is 73.9 Å². The molecule has 1 amide bonds. The summed E-state index contributed by atoms with van der Waals surface area (Å²) in [5, 5.41) is 3.48. The molecular formula is C27H35NO5S. The van der Waals surface area contributed by atoms with Crippen LogP contribution in [0.1, 0.15) is 72.8 Å². The summed E-state index contributed by atoms with van der Waals surface area (Å²) >= 11 is 1.49. The van der Waals surface area contributed by atoms with Gasteiger partial charge in [0.25, 0.3) is 0 Å². The van der Waals surface area contributed by atoms with Crippen LogP contribution in [0.25, 0.3) is 6.08 Å². The fourth-order valence-electron chi connectivity index (χ4n) is 4.02. The Morgan fingerprint density at radius 2 is 2.03 bits per heavy atom. The van der Waals surface area contributed by atoms with Gasteiger partial charge in [-0.05, 0) is 67.9 Å². The SMILES string of the molecule is CCCCCOc1ccc(/C=C/C(=O)Nc2sc3c(c2C(=O)OCC)CC[C@@H](C)C3)cc1OC. The number of anilines is 1. The Morgan fingerprint density at radius 3 is 2.76 bits per heavy atom. The highest BCUT2D eigenvalue weighted by Crippen LogP contribution is 2.40. The van der Waals surface area contributed by atoms with Gasteiger partial charge < -0.3 is 19.5 Å². The van der Waals surface area contributed by atoms with Crippen molar-refractivity contribution in [3.8, 4) is 11.5 Å². The number of ether oxygens (including phenoxy) is 3. The van der Waals surface area contributed by atoms with Crippen molar-refractivity contribution in [2.24, 2.45) is 5.92 Å². The lowest BCUT2D eigenvalue weighted by Gasteiger charge is -2.18. The third kappa shape index (κ3) is 6.63. The van der Waals surface area contributed by atoms with Crippen LogP contribution in [-0.4, -0.2) is 32.2 Å². The number of rotatable bonds is 11. The Kier molecular flexibility index (Phi) is 9.57. The lowest BCUT2D eigenvalue weighted by molar-refractivity contribution is -0.111. The molecule has 184 valence electrons. The minimum absolute atomic E-state index is 0.295. The van der Waals surface area contributed by atoms with Gasteiger partial charge >= 0.3 is 5.97 Å². The summed E-state index contributed by atoms with van der Waals surface area (Å²) in [5.74, 6) is 1.23. The fraction of sp³-hybridized carbons (Fsp3) is 0.481. The summed E-state index contributed by atoms with van der Waals surface area (Å²) in [6.45, 7) is 7.10. The third-order valence-electron chi connectivity index (χ3n) is 5.85. The number of amides is 1. The van der Waals surface area contributed by atoms with Crippen molar-refractivity contribution < 1.29 is 23.8 Å². The number of unbranched alkanes of at least 4 members (excludes halogenated alkanes) is 2. The summed E-state index contributed by atoms with van der Waals surface area (Å²) < 4.78 is 16.6. The molecule has 0 unspecified atom stereocenters. The predicted molar refractivity (Wildman–Crippen MR) is 137 cm³/mol. The second kappa shape index (κ2) is 12.6. The maximum absolute atomic E-state index is 12.7. The normalized spacial score (nSPS) is 15.1.